The average molecular weight is 292 g/mol. The van der Waals surface area contributed by atoms with Gasteiger partial charge in [0, 0.05) is 18.7 Å². The van der Waals surface area contributed by atoms with Gasteiger partial charge in [0.05, 0.1) is 26.8 Å². The van der Waals surface area contributed by atoms with Crippen molar-refractivity contribution in [1.82, 2.24) is 15.0 Å². The molecule has 0 aliphatic rings. The summed E-state index contributed by atoms with van der Waals surface area (Å²) in [7, 11) is 1.64. The molecule has 2 rings (SSSR count). The Morgan fingerprint density at radius 2 is 2.14 bits per heavy atom. The fourth-order valence-corrected chi connectivity index (χ4v) is 2.07. The molecule has 7 heteroatoms. The number of hydrogen-bond donors (Lipinski definition) is 2. The molecule has 0 saturated carbocycles. The zero-order chi connectivity index (χ0) is 15.1. The number of aromatic nitrogens is 2. The first-order valence-electron chi connectivity index (χ1n) is 6.73. The zero-order valence-corrected chi connectivity index (χ0v) is 12.0. The van der Waals surface area contributed by atoms with Crippen molar-refractivity contribution in [3.8, 4) is 5.75 Å². The summed E-state index contributed by atoms with van der Waals surface area (Å²) in [5.41, 5.74) is 6.49. The number of hydrogen-bond acceptors (Lipinski definition) is 7. The third-order valence-corrected chi connectivity index (χ3v) is 3.05. The first kappa shape index (κ1) is 15.4. The third kappa shape index (κ3) is 4.25. The summed E-state index contributed by atoms with van der Waals surface area (Å²) in [6.45, 7) is 1.87. The van der Waals surface area contributed by atoms with Gasteiger partial charge in [0.2, 0.25) is 5.89 Å². The van der Waals surface area contributed by atoms with E-state index in [4.69, 9.17) is 15.0 Å². The van der Waals surface area contributed by atoms with Crippen molar-refractivity contribution in [3.05, 3.63) is 41.5 Å². The Balaban J connectivity index is 2.07. The van der Waals surface area contributed by atoms with Crippen molar-refractivity contribution in [2.24, 2.45) is 5.73 Å². The van der Waals surface area contributed by atoms with Gasteiger partial charge in [-0.1, -0.05) is 23.4 Å². The van der Waals surface area contributed by atoms with Crippen molar-refractivity contribution < 1.29 is 14.4 Å². The van der Waals surface area contributed by atoms with Crippen LogP contribution in [-0.4, -0.2) is 40.4 Å². The number of ether oxygens (including phenoxy) is 1. The first-order chi connectivity index (χ1) is 10.3. The van der Waals surface area contributed by atoms with Crippen LogP contribution in [0, 0.1) is 0 Å². The quantitative estimate of drug-likeness (QED) is 0.732. The number of para-hydroxylation sites is 1. The van der Waals surface area contributed by atoms with Crippen molar-refractivity contribution in [2.45, 2.75) is 19.6 Å². The largest absolute Gasteiger partial charge is 0.496 e. The Morgan fingerprint density at radius 3 is 2.81 bits per heavy atom. The molecule has 2 aromatic rings. The van der Waals surface area contributed by atoms with Gasteiger partial charge in [-0.2, -0.15) is 4.98 Å². The average Bonchev–Trinajstić information content (AvgIpc) is 2.95. The number of aliphatic hydroxyl groups excluding tert-OH is 1. The van der Waals surface area contributed by atoms with Gasteiger partial charge >= 0.3 is 0 Å². The topological polar surface area (TPSA) is 97.6 Å². The van der Waals surface area contributed by atoms with Crippen LogP contribution in [0.1, 0.15) is 17.3 Å². The van der Waals surface area contributed by atoms with Crippen LogP contribution in [0.2, 0.25) is 0 Å². The van der Waals surface area contributed by atoms with E-state index in [2.05, 4.69) is 10.1 Å². The molecule has 0 atom stereocenters. The summed E-state index contributed by atoms with van der Waals surface area (Å²) in [4.78, 5) is 6.19. The molecule has 3 N–H and O–H groups in total. The highest BCUT2D eigenvalue weighted by atomic mass is 16.5. The van der Waals surface area contributed by atoms with Crippen molar-refractivity contribution in [2.75, 3.05) is 20.3 Å². The summed E-state index contributed by atoms with van der Waals surface area (Å²) in [6.07, 6.45) is 0. The maximum atomic E-state index is 9.21. The molecule has 0 amide bonds. The normalized spacial score (nSPS) is 11.0. The van der Waals surface area contributed by atoms with Crippen molar-refractivity contribution in [1.29, 1.82) is 0 Å². The first-order valence-corrected chi connectivity index (χ1v) is 6.73. The summed E-state index contributed by atoms with van der Waals surface area (Å²) >= 11 is 0. The SMILES string of the molecule is COc1ccccc1CN(CCO)Cc1noc(CN)n1. The lowest BCUT2D eigenvalue weighted by Crippen LogP contribution is -2.26. The molecule has 114 valence electrons. The second-order valence-corrected chi connectivity index (χ2v) is 4.55. The molecule has 0 spiro atoms. The van der Waals surface area contributed by atoms with Gasteiger partial charge < -0.3 is 20.1 Å². The van der Waals surface area contributed by atoms with E-state index in [-0.39, 0.29) is 13.2 Å². The Bertz CT molecular complexity index is 559. The lowest BCUT2D eigenvalue weighted by Gasteiger charge is -2.20. The standard InChI is InChI=1S/C14H20N4O3/c1-20-12-5-3-2-4-11(12)9-18(6-7-19)10-13-16-14(8-15)21-17-13/h2-5,19H,6-10,15H2,1H3. The Labute approximate surface area is 123 Å². The van der Waals surface area contributed by atoms with E-state index >= 15 is 0 Å². The number of rotatable bonds is 8. The zero-order valence-electron chi connectivity index (χ0n) is 12.0. The Morgan fingerprint density at radius 1 is 1.33 bits per heavy atom. The van der Waals surface area contributed by atoms with Gasteiger partial charge in [0.15, 0.2) is 5.82 Å². The highest BCUT2D eigenvalue weighted by Gasteiger charge is 2.13. The molecule has 1 heterocycles. The fourth-order valence-electron chi connectivity index (χ4n) is 2.07. The smallest absolute Gasteiger partial charge is 0.240 e. The summed E-state index contributed by atoms with van der Waals surface area (Å²) in [5, 5.41) is 13.1. The van der Waals surface area contributed by atoms with E-state index in [0.717, 1.165) is 11.3 Å². The molecular weight excluding hydrogens is 272 g/mol. The van der Waals surface area contributed by atoms with Crippen LogP contribution < -0.4 is 10.5 Å². The van der Waals surface area contributed by atoms with Crippen LogP contribution in [0.4, 0.5) is 0 Å². The van der Waals surface area contributed by atoms with Crippen LogP contribution in [0.5, 0.6) is 5.75 Å². The number of benzene rings is 1. The number of nitrogens with zero attached hydrogens (tertiary/aromatic N) is 3. The number of aliphatic hydroxyl groups is 1. The summed E-state index contributed by atoms with van der Waals surface area (Å²) in [6, 6.07) is 7.78. The van der Waals surface area contributed by atoms with E-state index in [0.29, 0.717) is 31.3 Å². The minimum absolute atomic E-state index is 0.0523. The van der Waals surface area contributed by atoms with Gasteiger partial charge in [-0.05, 0) is 6.07 Å². The van der Waals surface area contributed by atoms with E-state index in [9.17, 15) is 5.11 Å². The molecular formula is C14H20N4O3. The molecule has 0 saturated heterocycles. The molecule has 0 unspecified atom stereocenters. The Kier molecular flexibility index (Phi) is 5.68. The second kappa shape index (κ2) is 7.72. The van der Waals surface area contributed by atoms with E-state index in [1.54, 1.807) is 7.11 Å². The van der Waals surface area contributed by atoms with E-state index < -0.39 is 0 Å². The van der Waals surface area contributed by atoms with Gasteiger partial charge in [-0.15, -0.1) is 0 Å². The summed E-state index contributed by atoms with van der Waals surface area (Å²) in [5.74, 6) is 1.78. The fraction of sp³-hybridized carbons (Fsp3) is 0.429. The molecule has 0 fully saturated rings. The van der Waals surface area contributed by atoms with Gasteiger partial charge in [-0.25, -0.2) is 0 Å². The molecule has 0 aliphatic carbocycles. The van der Waals surface area contributed by atoms with Crippen LogP contribution in [0.3, 0.4) is 0 Å². The van der Waals surface area contributed by atoms with Crippen molar-refractivity contribution in [3.63, 3.8) is 0 Å². The highest BCUT2D eigenvalue weighted by Crippen LogP contribution is 2.19. The molecule has 7 nitrogen and oxygen atoms in total. The minimum atomic E-state index is 0.0523. The third-order valence-electron chi connectivity index (χ3n) is 3.05. The highest BCUT2D eigenvalue weighted by molar-refractivity contribution is 5.33. The van der Waals surface area contributed by atoms with Crippen molar-refractivity contribution >= 4 is 0 Å². The molecule has 0 radical (unpaired) electrons. The Hall–Kier alpha value is -1.96. The van der Waals surface area contributed by atoms with Crippen LogP contribution >= 0.6 is 0 Å². The van der Waals surface area contributed by atoms with E-state index in [1.807, 2.05) is 29.2 Å². The predicted octanol–water partition coefficient (Wildman–Crippen LogP) is 0.531. The second-order valence-electron chi connectivity index (χ2n) is 4.55. The molecule has 1 aromatic carbocycles. The molecule has 1 aromatic heterocycles. The molecule has 0 aliphatic heterocycles. The molecule has 21 heavy (non-hydrogen) atoms. The lowest BCUT2D eigenvalue weighted by molar-refractivity contribution is 0.178. The van der Waals surface area contributed by atoms with Gasteiger partial charge in [0.1, 0.15) is 5.75 Å². The maximum Gasteiger partial charge on any atom is 0.240 e. The van der Waals surface area contributed by atoms with Gasteiger partial charge in [-0.3, -0.25) is 4.90 Å². The van der Waals surface area contributed by atoms with E-state index in [1.165, 1.54) is 0 Å². The summed E-state index contributed by atoms with van der Waals surface area (Å²) < 4.78 is 10.3. The maximum absolute atomic E-state index is 9.21. The molecule has 0 bridgehead atoms. The predicted molar refractivity (Wildman–Crippen MR) is 76.4 cm³/mol. The van der Waals surface area contributed by atoms with Gasteiger partial charge in [0.25, 0.3) is 0 Å². The van der Waals surface area contributed by atoms with Crippen LogP contribution in [0.15, 0.2) is 28.8 Å². The monoisotopic (exact) mass is 292 g/mol. The van der Waals surface area contributed by atoms with Crippen LogP contribution in [0.25, 0.3) is 0 Å². The number of nitrogens with two attached hydrogens (primary N) is 1. The van der Waals surface area contributed by atoms with Crippen LogP contribution in [-0.2, 0) is 19.6 Å². The lowest BCUT2D eigenvalue weighted by atomic mass is 10.2. The minimum Gasteiger partial charge on any atom is -0.496 e. The number of methoxy groups -OCH3 is 1.